The fraction of sp³-hybridized carbons (Fsp3) is 0.625. The molecule has 5 heteroatoms. The molecule has 1 N–H and O–H groups in total. The summed E-state index contributed by atoms with van der Waals surface area (Å²) in [5, 5.41) is 7.93. The van der Waals surface area contributed by atoms with Gasteiger partial charge in [-0.3, -0.25) is 9.67 Å². The Labute approximate surface area is 128 Å². The fourth-order valence-electron chi connectivity index (χ4n) is 2.31. The van der Waals surface area contributed by atoms with Crippen LogP contribution >= 0.6 is 0 Å². The molecule has 0 aliphatic carbocycles. The Hall–Kier alpha value is -1.78. The van der Waals surface area contributed by atoms with Gasteiger partial charge in [-0.05, 0) is 19.3 Å². The lowest BCUT2D eigenvalue weighted by atomic mass is 10.1. The number of allylic oxidation sites excluding steroid dienone is 1. The van der Waals surface area contributed by atoms with Crippen molar-refractivity contribution < 1.29 is 0 Å². The summed E-state index contributed by atoms with van der Waals surface area (Å²) in [6, 6.07) is 0. The van der Waals surface area contributed by atoms with Crippen molar-refractivity contribution in [3.63, 3.8) is 0 Å². The minimum Gasteiger partial charge on any atom is -0.356 e. The van der Waals surface area contributed by atoms with Gasteiger partial charge in [-0.1, -0.05) is 26.0 Å². The maximum atomic E-state index is 4.56. The molecule has 5 nitrogen and oxygen atoms in total. The molecular weight excluding hydrogens is 262 g/mol. The summed E-state index contributed by atoms with van der Waals surface area (Å²) in [4.78, 5) is 6.48. The van der Waals surface area contributed by atoms with Gasteiger partial charge in [0.1, 0.15) is 0 Å². The van der Waals surface area contributed by atoms with Crippen LogP contribution in [-0.4, -0.2) is 41.3 Å². The van der Waals surface area contributed by atoms with Crippen molar-refractivity contribution in [2.75, 3.05) is 20.6 Å². The van der Waals surface area contributed by atoms with Gasteiger partial charge in [-0.25, -0.2) is 0 Å². The van der Waals surface area contributed by atoms with Gasteiger partial charge < -0.3 is 10.2 Å². The third-order valence-electron chi connectivity index (χ3n) is 3.29. The standard InChI is InChI=1S/C16H29N5/c1-7-8-9-10-18-16(17-4)20(5)11-14-12-21(6)19-15(14)13(2)3/h7-8,12-13H,9-11H2,1-6H3,(H,17,18)/b8-7+. The first-order valence-electron chi connectivity index (χ1n) is 7.54. The highest BCUT2D eigenvalue weighted by atomic mass is 15.3. The molecule has 1 aromatic heterocycles. The number of hydrogen-bond donors (Lipinski definition) is 1. The van der Waals surface area contributed by atoms with Crippen molar-refractivity contribution in [1.82, 2.24) is 20.0 Å². The van der Waals surface area contributed by atoms with Gasteiger partial charge in [0.2, 0.25) is 0 Å². The zero-order chi connectivity index (χ0) is 15.8. The maximum Gasteiger partial charge on any atom is 0.193 e. The van der Waals surface area contributed by atoms with E-state index in [4.69, 9.17) is 0 Å². The molecule has 1 rings (SSSR count). The SMILES string of the molecule is C/C=C/CCNC(=NC)N(C)Cc1cn(C)nc1C(C)C. The molecule has 118 valence electrons. The highest BCUT2D eigenvalue weighted by Gasteiger charge is 2.14. The number of nitrogens with zero attached hydrogens (tertiary/aromatic N) is 4. The normalized spacial score (nSPS) is 12.4. The summed E-state index contributed by atoms with van der Waals surface area (Å²) >= 11 is 0. The summed E-state index contributed by atoms with van der Waals surface area (Å²) in [7, 11) is 5.85. The summed E-state index contributed by atoms with van der Waals surface area (Å²) in [6.45, 7) is 8.10. The average Bonchev–Trinajstić information content (AvgIpc) is 2.79. The highest BCUT2D eigenvalue weighted by Crippen LogP contribution is 2.18. The first kappa shape index (κ1) is 17.3. The number of nitrogens with one attached hydrogen (secondary N) is 1. The molecule has 0 aromatic carbocycles. The zero-order valence-electron chi connectivity index (χ0n) is 14.2. The van der Waals surface area contributed by atoms with Crippen molar-refractivity contribution in [1.29, 1.82) is 0 Å². The molecule has 0 saturated heterocycles. The molecule has 0 saturated carbocycles. The molecule has 0 fully saturated rings. The van der Waals surface area contributed by atoms with Gasteiger partial charge in [-0.15, -0.1) is 0 Å². The van der Waals surface area contributed by atoms with Gasteiger partial charge in [0.25, 0.3) is 0 Å². The molecule has 0 unspecified atom stereocenters. The summed E-state index contributed by atoms with van der Waals surface area (Å²) in [6.07, 6.45) is 7.32. The van der Waals surface area contributed by atoms with E-state index in [9.17, 15) is 0 Å². The van der Waals surface area contributed by atoms with Gasteiger partial charge in [0, 0.05) is 46.0 Å². The molecule has 0 aliphatic rings. The third kappa shape index (κ3) is 5.25. The van der Waals surface area contributed by atoms with Crippen molar-refractivity contribution in [2.45, 2.75) is 39.7 Å². The van der Waals surface area contributed by atoms with Crippen LogP contribution in [0, 0.1) is 0 Å². The lowest BCUT2D eigenvalue weighted by molar-refractivity contribution is 0.474. The van der Waals surface area contributed by atoms with E-state index in [2.05, 4.69) is 59.6 Å². The van der Waals surface area contributed by atoms with Crippen LogP contribution in [-0.2, 0) is 13.6 Å². The molecule has 21 heavy (non-hydrogen) atoms. The van der Waals surface area contributed by atoms with E-state index >= 15 is 0 Å². The summed E-state index contributed by atoms with van der Waals surface area (Å²) < 4.78 is 1.89. The molecule has 0 atom stereocenters. The molecule has 1 heterocycles. The first-order chi connectivity index (χ1) is 9.99. The minimum absolute atomic E-state index is 0.430. The molecule has 0 bridgehead atoms. The lowest BCUT2D eigenvalue weighted by Gasteiger charge is -2.22. The second-order valence-electron chi connectivity index (χ2n) is 5.56. The number of guanidine groups is 1. The number of aromatic nitrogens is 2. The van der Waals surface area contributed by atoms with Crippen LogP contribution in [0.1, 0.15) is 44.4 Å². The monoisotopic (exact) mass is 291 g/mol. The Balaban J connectivity index is 2.68. The Morgan fingerprint density at radius 3 is 2.81 bits per heavy atom. The first-order valence-corrected chi connectivity index (χ1v) is 7.54. The van der Waals surface area contributed by atoms with E-state index in [1.807, 2.05) is 25.7 Å². The summed E-state index contributed by atoms with van der Waals surface area (Å²) in [5.74, 6) is 1.34. The Kier molecular flexibility index (Phi) is 6.99. The Morgan fingerprint density at radius 1 is 1.52 bits per heavy atom. The van der Waals surface area contributed by atoms with Gasteiger partial charge in [0.15, 0.2) is 5.96 Å². The molecule has 0 amide bonds. The molecule has 0 aliphatic heterocycles. The van der Waals surface area contributed by atoms with Crippen LogP contribution in [0.15, 0.2) is 23.3 Å². The number of aliphatic imine (C=N–C) groups is 1. The number of rotatable bonds is 6. The van der Waals surface area contributed by atoms with Crippen molar-refractivity contribution in [3.8, 4) is 0 Å². The lowest BCUT2D eigenvalue weighted by Crippen LogP contribution is -2.38. The van der Waals surface area contributed by atoms with Crippen LogP contribution in [0.2, 0.25) is 0 Å². The molecular formula is C16H29N5. The van der Waals surface area contributed by atoms with Crippen molar-refractivity contribution >= 4 is 5.96 Å². The minimum atomic E-state index is 0.430. The van der Waals surface area contributed by atoms with Crippen LogP contribution in [0.5, 0.6) is 0 Å². The third-order valence-corrected chi connectivity index (χ3v) is 3.29. The van der Waals surface area contributed by atoms with Crippen molar-refractivity contribution in [2.24, 2.45) is 12.0 Å². The average molecular weight is 291 g/mol. The van der Waals surface area contributed by atoms with E-state index in [1.165, 1.54) is 5.56 Å². The van der Waals surface area contributed by atoms with Crippen LogP contribution < -0.4 is 5.32 Å². The predicted molar refractivity (Wildman–Crippen MR) is 89.6 cm³/mol. The summed E-state index contributed by atoms with van der Waals surface area (Å²) in [5.41, 5.74) is 2.42. The van der Waals surface area contributed by atoms with Crippen molar-refractivity contribution in [3.05, 3.63) is 29.6 Å². The smallest absolute Gasteiger partial charge is 0.193 e. The van der Waals surface area contributed by atoms with Crippen LogP contribution in [0.4, 0.5) is 0 Å². The second kappa shape index (κ2) is 8.49. The zero-order valence-corrected chi connectivity index (χ0v) is 14.2. The van der Waals surface area contributed by atoms with E-state index in [0.29, 0.717) is 5.92 Å². The predicted octanol–water partition coefficient (Wildman–Crippen LogP) is 2.52. The van der Waals surface area contributed by atoms with Crippen LogP contribution in [0.25, 0.3) is 0 Å². The topological polar surface area (TPSA) is 45.5 Å². The molecule has 0 spiro atoms. The van der Waals surface area contributed by atoms with Gasteiger partial charge in [-0.2, -0.15) is 5.10 Å². The Bertz CT molecular complexity index is 485. The van der Waals surface area contributed by atoms with E-state index in [1.54, 1.807) is 0 Å². The van der Waals surface area contributed by atoms with E-state index < -0.39 is 0 Å². The highest BCUT2D eigenvalue weighted by molar-refractivity contribution is 5.79. The maximum absolute atomic E-state index is 4.56. The Morgan fingerprint density at radius 2 is 2.24 bits per heavy atom. The van der Waals surface area contributed by atoms with E-state index in [0.717, 1.165) is 31.2 Å². The quantitative estimate of drug-likeness (QED) is 0.379. The van der Waals surface area contributed by atoms with Crippen LogP contribution in [0.3, 0.4) is 0 Å². The van der Waals surface area contributed by atoms with Gasteiger partial charge >= 0.3 is 0 Å². The number of hydrogen-bond acceptors (Lipinski definition) is 2. The fourth-order valence-corrected chi connectivity index (χ4v) is 2.31. The van der Waals surface area contributed by atoms with E-state index in [-0.39, 0.29) is 0 Å². The second-order valence-corrected chi connectivity index (χ2v) is 5.56. The van der Waals surface area contributed by atoms with Gasteiger partial charge in [0.05, 0.1) is 5.69 Å². The largest absolute Gasteiger partial charge is 0.356 e. The molecule has 1 aromatic rings. The number of aryl methyl sites for hydroxylation is 1. The molecule has 0 radical (unpaired) electrons.